The minimum Gasteiger partial charge on any atom is -0.450 e. The summed E-state index contributed by atoms with van der Waals surface area (Å²) in [6.45, 7) is 3.59. The third-order valence-electron chi connectivity index (χ3n) is 5.98. The highest BCUT2D eigenvalue weighted by atomic mass is 127. The van der Waals surface area contributed by atoms with Gasteiger partial charge in [-0.25, -0.2) is 13.6 Å². The largest absolute Gasteiger partial charge is 0.450 e. The number of benzene rings is 1. The molecule has 0 unspecified atom stereocenters. The molecule has 1 aliphatic heterocycles. The standard InChI is InChI=1S/C21H30F2N4O2.HI/c1-2-29-20(28)27-12-8-15(9-13-27)26-19(24)25-14-21(10-3-4-11-21)18-16(22)6-5-7-17(18)23;/h5-7,15H,2-4,8-14H2,1H3,(H3,24,25,26);1H. The number of halogens is 3. The van der Waals surface area contributed by atoms with Gasteiger partial charge in [-0.05, 0) is 44.7 Å². The predicted octanol–water partition coefficient (Wildman–Crippen LogP) is 3.92. The van der Waals surface area contributed by atoms with Crippen molar-refractivity contribution < 1.29 is 18.3 Å². The first-order valence-corrected chi connectivity index (χ1v) is 10.4. The zero-order chi connectivity index (χ0) is 20.9. The maximum atomic E-state index is 14.4. The van der Waals surface area contributed by atoms with Gasteiger partial charge >= 0.3 is 6.09 Å². The highest BCUT2D eigenvalue weighted by Gasteiger charge is 2.40. The van der Waals surface area contributed by atoms with Crippen LogP contribution in [0.2, 0.25) is 0 Å². The van der Waals surface area contributed by atoms with Gasteiger partial charge in [0.05, 0.1) is 13.2 Å². The molecule has 1 heterocycles. The number of guanidine groups is 1. The van der Waals surface area contributed by atoms with Gasteiger partial charge in [0.15, 0.2) is 5.96 Å². The van der Waals surface area contributed by atoms with Gasteiger partial charge in [-0.15, -0.1) is 24.0 Å². The summed E-state index contributed by atoms with van der Waals surface area (Å²) in [7, 11) is 0. The lowest BCUT2D eigenvalue weighted by Crippen LogP contribution is -2.48. The van der Waals surface area contributed by atoms with E-state index in [-0.39, 0.29) is 54.2 Å². The van der Waals surface area contributed by atoms with Gasteiger partial charge in [-0.3, -0.25) is 4.99 Å². The molecule has 1 saturated carbocycles. The van der Waals surface area contributed by atoms with Gasteiger partial charge in [-0.2, -0.15) is 0 Å². The van der Waals surface area contributed by atoms with Crippen molar-refractivity contribution in [1.82, 2.24) is 10.2 Å². The molecule has 0 atom stereocenters. The van der Waals surface area contributed by atoms with Crippen LogP contribution in [0.4, 0.5) is 13.6 Å². The summed E-state index contributed by atoms with van der Waals surface area (Å²) < 4.78 is 33.9. The summed E-state index contributed by atoms with van der Waals surface area (Å²) in [5, 5.41) is 3.19. The fraction of sp³-hybridized carbons (Fsp3) is 0.619. The van der Waals surface area contributed by atoms with Gasteiger partial charge < -0.3 is 20.7 Å². The monoisotopic (exact) mass is 536 g/mol. The smallest absolute Gasteiger partial charge is 0.409 e. The molecule has 30 heavy (non-hydrogen) atoms. The summed E-state index contributed by atoms with van der Waals surface area (Å²) in [4.78, 5) is 17.9. The van der Waals surface area contributed by atoms with Gasteiger partial charge in [0.1, 0.15) is 11.6 Å². The van der Waals surface area contributed by atoms with E-state index in [1.807, 2.05) is 0 Å². The molecule has 1 aromatic carbocycles. The molecule has 1 aliphatic carbocycles. The fourth-order valence-corrected chi connectivity index (χ4v) is 4.46. The Labute approximate surface area is 193 Å². The van der Waals surface area contributed by atoms with E-state index < -0.39 is 17.0 Å². The molecule has 2 fully saturated rings. The number of nitrogens with two attached hydrogens (primary N) is 1. The van der Waals surface area contributed by atoms with Crippen molar-refractivity contribution in [2.75, 3.05) is 26.2 Å². The lowest BCUT2D eigenvalue weighted by atomic mass is 9.78. The molecule has 0 bridgehead atoms. The van der Waals surface area contributed by atoms with Crippen LogP contribution in [-0.4, -0.2) is 49.2 Å². The SMILES string of the molecule is CCOC(=O)N1CCC(NC(N)=NCC2(c3c(F)cccc3F)CCCC2)CC1.I. The third-order valence-corrected chi connectivity index (χ3v) is 5.98. The number of hydrogen-bond donors (Lipinski definition) is 2. The predicted molar refractivity (Wildman–Crippen MR) is 123 cm³/mol. The van der Waals surface area contributed by atoms with E-state index in [0.717, 1.165) is 25.7 Å². The van der Waals surface area contributed by atoms with Crippen LogP contribution in [0.1, 0.15) is 51.0 Å². The molecule has 3 rings (SSSR count). The van der Waals surface area contributed by atoms with Crippen LogP contribution in [-0.2, 0) is 10.2 Å². The Morgan fingerprint density at radius 1 is 1.27 bits per heavy atom. The molecule has 1 amide bonds. The maximum absolute atomic E-state index is 14.4. The Bertz CT molecular complexity index is 728. The first-order chi connectivity index (χ1) is 13.9. The average Bonchev–Trinajstić information content (AvgIpc) is 3.17. The fourth-order valence-electron chi connectivity index (χ4n) is 4.46. The van der Waals surface area contributed by atoms with E-state index in [2.05, 4.69) is 10.3 Å². The van der Waals surface area contributed by atoms with Crippen molar-refractivity contribution >= 4 is 36.0 Å². The van der Waals surface area contributed by atoms with Gasteiger partial charge in [0.2, 0.25) is 0 Å². The van der Waals surface area contributed by atoms with Crippen molar-refractivity contribution in [1.29, 1.82) is 0 Å². The summed E-state index contributed by atoms with van der Waals surface area (Å²) in [5.41, 5.74) is 5.58. The number of carbonyl (C=O) groups is 1. The Kier molecular flexibility index (Phi) is 9.11. The van der Waals surface area contributed by atoms with Gasteiger partial charge in [0.25, 0.3) is 0 Å². The number of likely N-dealkylation sites (tertiary alicyclic amines) is 1. The number of nitrogens with zero attached hydrogens (tertiary/aromatic N) is 2. The Morgan fingerprint density at radius 3 is 2.43 bits per heavy atom. The van der Waals surface area contributed by atoms with E-state index in [4.69, 9.17) is 10.5 Å². The number of rotatable bonds is 5. The average molecular weight is 536 g/mol. The molecule has 0 spiro atoms. The first kappa shape index (κ1) is 24.6. The van der Waals surface area contributed by atoms with E-state index in [9.17, 15) is 13.6 Å². The van der Waals surface area contributed by atoms with E-state index in [0.29, 0.717) is 32.5 Å². The highest BCUT2D eigenvalue weighted by molar-refractivity contribution is 14.0. The second kappa shape index (κ2) is 11.1. The summed E-state index contributed by atoms with van der Waals surface area (Å²) in [6, 6.07) is 4.11. The number of nitrogens with one attached hydrogen (secondary N) is 1. The second-order valence-corrected chi connectivity index (χ2v) is 7.89. The molecular weight excluding hydrogens is 505 g/mol. The number of carbonyl (C=O) groups excluding carboxylic acids is 1. The zero-order valence-corrected chi connectivity index (χ0v) is 19.7. The summed E-state index contributed by atoms with van der Waals surface area (Å²) in [6.07, 6.45) is 4.41. The van der Waals surface area contributed by atoms with Crippen molar-refractivity contribution in [3.63, 3.8) is 0 Å². The summed E-state index contributed by atoms with van der Waals surface area (Å²) in [5.74, 6) is -0.748. The Hall–Kier alpha value is -1.65. The minimum absolute atomic E-state index is 0. The van der Waals surface area contributed by atoms with Crippen LogP contribution >= 0.6 is 24.0 Å². The second-order valence-electron chi connectivity index (χ2n) is 7.89. The quantitative estimate of drug-likeness (QED) is 0.340. The molecular formula is C21H31F2IN4O2. The highest BCUT2D eigenvalue weighted by Crippen LogP contribution is 2.43. The molecule has 6 nitrogen and oxygen atoms in total. The first-order valence-electron chi connectivity index (χ1n) is 10.4. The number of hydrogen-bond acceptors (Lipinski definition) is 3. The number of amides is 1. The molecule has 3 N–H and O–H groups in total. The normalized spacial score (nSPS) is 19.3. The minimum atomic E-state index is -0.644. The Morgan fingerprint density at radius 2 is 1.87 bits per heavy atom. The molecule has 0 aromatic heterocycles. The van der Waals surface area contributed by atoms with Crippen LogP contribution in [0.15, 0.2) is 23.2 Å². The van der Waals surface area contributed by atoms with Crippen LogP contribution < -0.4 is 11.1 Å². The van der Waals surface area contributed by atoms with E-state index in [1.54, 1.807) is 11.8 Å². The number of ether oxygens (including phenoxy) is 1. The van der Waals surface area contributed by atoms with Gasteiger partial charge in [-0.1, -0.05) is 18.9 Å². The number of piperidine rings is 1. The third kappa shape index (κ3) is 5.73. The Balaban J connectivity index is 0.00000320. The lowest BCUT2D eigenvalue weighted by Gasteiger charge is -2.32. The van der Waals surface area contributed by atoms with Crippen LogP contribution in [0, 0.1) is 11.6 Å². The molecule has 9 heteroatoms. The topological polar surface area (TPSA) is 80.0 Å². The van der Waals surface area contributed by atoms with Crippen molar-refractivity contribution in [3.8, 4) is 0 Å². The van der Waals surface area contributed by atoms with Crippen molar-refractivity contribution in [2.45, 2.75) is 56.9 Å². The van der Waals surface area contributed by atoms with Crippen molar-refractivity contribution in [2.24, 2.45) is 10.7 Å². The molecule has 168 valence electrons. The maximum Gasteiger partial charge on any atom is 0.409 e. The van der Waals surface area contributed by atoms with E-state index >= 15 is 0 Å². The summed E-state index contributed by atoms with van der Waals surface area (Å²) >= 11 is 0. The lowest BCUT2D eigenvalue weighted by molar-refractivity contribution is 0.0963. The zero-order valence-electron chi connectivity index (χ0n) is 17.3. The van der Waals surface area contributed by atoms with Crippen LogP contribution in [0.3, 0.4) is 0 Å². The van der Waals surface area contributed by atoms with Crippen molar-refractivity contribution in [3.05, 3.63) is 35.4 Å². The molecule has 1 aromatic rings. The van der Waals surface area contributed by atoms with Gasteiger partial charge in [0, 0.05) is 30.1 Å². The van der Waals surface area contributed by atoms with E-state index in [1.165, 1.54) is 18.2 Å². The van der Waals surface area contributed by atoms with Crippen LogP contribution in [0.5, 0.6) is 0 Å². The molecule has 2 aliphatic rings. The molecule has 0 radical (unpaired) electrons. The van der Waals surface area contributed by atoms with Crippen LogP contribution in [0.25, 0.3) is 0 Å². The number of aliphatic imine (C=N–C) groups is 1. The molecule has 1 saturated heterocycles.